The molecule has 3 N–H and O–H groups in total. The zero-order valence-corrected chi connectivity index (χ0v) is 13.6. The first-order valence-corrected chi connectivity index (χ1v) is 7.19. The Morgan fingerprint density at radius 1 is 0.958 bits per heavy atom. The lowest BCUT2D eigenvalue weighted by molar-refractivity contribution is -0.115. The quantitative estimate of drug-likeness (QED) is 0.713. The number of methoxy groups -OCH3 is 1. The van der Waals surface area contributed by atoms with Crippen molar-refractivity contribution < 1.29 is 29.6 Å². The molecule has 0 aliphatic rings. The molecule has 0 aliphatic carbocycles. The number of benzene rings is 2. The van der Waals surface area contributed by atoms with Crippen molar-refractivity contribution in [2.75, 3.05) is 7.11 Å². The molecule has 2 unspecified atom stereocenters. The number of carbonyl (C=O) groups excluding carboxylic acids is 2. The molecular formula is C17H17ClO6. The maximum atomic E-state index is 10.2. The average Bonchev–Trinajstić information content (AvgIpc) is 2.62. The van der Waals surface area contributed by atoms with Crippen LogP contribution < -0.4 is 4.74 Å². The number of rotatable bonds is 5. The van der Waals surface area contributed by atoms with Crippen LogP contribution in [0.1, 0.15) is 23.3 Å². The lowest BCUT2D eigenvalue weighted by Gasteiger charge is -2.07. The Labute approximate surface area is 143 Å². The van der Waals surface area contributed by atoms with Gasteiger partial charge in [0.25, 0.3) is 0 Å². The van der Waals surface area contributed by atoms with Crippen LogP contribution in [0.2, 0.25) is 5.02 Å². The van der Waals surface area contributed by atoms with Crippen LogP contribution >= 0.6 is 11.6 Å². The Kier molecular flexibility index (Phi) is 7.91. The Morgan fingerprint density at radius 3 is 1.96 bits per heavy atom. The molecule has 0 saturated carbocycles. The van der Waals surface area contributed by atoms with Crippen molar-refractivity contribution >= 4 is 24.2 Å². The van der Waals surface area contributed by atoms with Crippen molar-refractivity contribution in [1.82, 2.24) is 0 Å². The van der Waals surface area contributed by atoms with Gasteiger partial charge in [0.2, 0.25) is 0 Å². The Morgan fingerprint density at radius 2 is 1.46 bits per heavy atom. The minimum absolute atomic E-state index is 0.0238. The number of aldehydes is 2. The van der Waals surface area contributed by atoms with Gasteiger partial charge in [-0.1, -0.05) is 29.8 Å². The summed E-state index contributed by atoms with van der Waals surface area (Å²) in [7, 11) is 1.39. The van der Waals surface area contributed by atoms with Crippen molar-refractivity contribution in [3.63, 3.8) is 0 Å². The number of aliphatic hydroxyl groups is 2. The van der Waals surface area contributed by atoms with Crippen molar-refractivity contribution in [3.8, 4) is 11.5 Å². The van der Waals surface area contributed by atoms with Crippen molar-refractivity contribution in [3.05, 3.63) is 58.6 Å². The average molecular weight is 353 g/mol. The second-order valence-electron chi connectivity index (χ2n) is 4.64. The number of ether oxygens (including phenoxy) is 1. The van der Waals surface area contributed by atoms with Crippen LogP contribution in [0.4, 0.5) is 0 Å². The van der Waals surface area contributed by atoms with E-state index in [4.69, 9.17) is 26.6 Å². The molecule has 0 saturated heterocycles. The van der Waals surface area contributed by atoms with Crippen LogP contribution in [0.25, 0.3) is 0 Å². The first kappa shape index (κ1) is 19.6. The summed E-state index contributed by atoms with van der Waals surface area (Å²) in [6, 6.07) is 10.7. The Hall–Kier alpha value is -2.41. The third kappa shape index (κ3) is 5.66. The lowest BCUT2D eigenvalue weighted by Crippen LogP contribution is -1.98. The summed E-state index contributed by atoms with van der Waals surface area (Å²) in [6.07, 6.45) is -1.32. The van der Waals surface area contributed by atoms with E-state index in [1.165, 1.54) is 25.3 Å². The fraction of sp³-hybridized carbons (Fsp3) is 0.176. The molecule has 0 spiro atoms. The van der Waals surface area contributed by atoms with Gasteiger partial charge >= 0.3 is 0 Å². The van der Waals surface area contributed by atoms with Gasteiger partial charge in [0, 0.05) is 5.02 Å². The number of phenolic OH excluding ortho intramolecular Hbond substituents is 1. The van der Waals surface area contributed by atoms with E-state index in [-0.39, 0.29) is 11.5 Å². The fourth-order valence-corrected chi connectivity index (χ4v) is 1.82. The molecule has 128 valence electrons. The number of aromatic hydroxyl groups is 1. The van der Waals surface area contributed by atoms with Crippen LogP contribution in [0, 0.1) is 0 Å². The molecule has 0 aliphatic heterocycles. The Bertz CT molecular complexity index is 671. The van der Waals surface area contributed by atoms with Gasteiger partial charge in [-0.05, 0) is 35.4 Å². The lowest BCUT2D eigenvalue weighted by atomic mass is 10.1. The first-order valence-electron chi connectivity index (χ1n) is 6.82. The van der Waals surface area contributed by atoms with Crippen LogP contribution in [0.15, 0.2) is 42.5 Å². The van der Waals surface area contributed by atoms with Crippen LogP contribution in [-0.2, 0) is 9.59 Å². The summed E-state index contributed by atoms with van der Waals surface area (Å²) < 4.78 is 4.80. The van der Waals surface area contributed by atoms with E-state index in [1.807, 2.05) is 0 Å². The zero-order chi connectivity index (χ0) is 18.1. The summed E-state index contributed by atoms with van der Waals surface area (Å²) in [5, 5.41) is 27.9. The standard InChI is InChI=1S/C9H10O4.C8H7ClO2/c1-13-9-4-6(8(12)5-10)2-3-7(9)11;9-7-3-1-6(2-4-7)8(11)5-10/h2-5,8,11-12H,1H3;1-5,8,11H. The highest BCUT2D eigenvalue weighted by Gasteiger charge is 2.09. The third-order valence-corrected chi connectivity index (χ3v) is 3.27. The zero-order valence-electron chi connectivity index (χ0n) is 12.8. The third-order valence-electron chi connectivity index (χ3n) is 3.01. The van der Waals surface area contributed by atoms with Gasteiger partial charge in [-0.3, -0.25) is 0 Å². The topological polar surface area (TPSA) is 104 Å². The molecular weight excluding hydrogens is 336 g/mol. The summed E-state index contributed by atoms with van der Waals surface area (Å²) in [5.41, 5.74) is 0.953. The van der Waals surface area contributed by atoms with Crippen molar-refractivity contribution in [2.45, 2.75) is 12.2 Å². The van der Waals surface area contributed by atoms with E-state index in [2.05, 4.69) is 0 Å². The van der Waals surface area contributed by atoms with E-state index in [1.54, 1.807) is 24.3 Å². The number of halogens is 1. The molecule has 0 aromatic heterocycles. The number of aliphatic hydroxyl groups excluding tert-OH is 2. The highest BCUT2D eigenvalue weighted by Crippen LogP contribution is 2.28. The first-order chi connectivity index (χ1) is 11.4. The predicted molar refractivity (Wildman–Crippen MR) is 88.2 cm³/mol. The van der Waals surface area contributed by atoms with E-state index in [0.29, 0.717) is 28.7 Å². The minimum atomic E-state index is -1.17. The fourth-order valence-electron chi connectivity index (χ4n) is 1.70. The smallest absolute Gasteiger partial charge is 0.160 e. The summed E-state index contributed by atoms with van der Waals surface area (Å²) >= 11 is 5.59. The molecule has 6 nitrogen and oxygen atoms in total. The van der Waals surface area contributed by atoms with Crippen LogP contribution in [0.5, 0.6) is 11.5 Å². The summed E-state index contributed by atoms with van der Waals surface area (Å²) in [5.74, 6) is 0.211. The monoisotopic (exact) mass is 352 g/mol. The number of carbonyl (C=O) groups is 2. The molecule has 0 radical (unpaired) electrons. The van der Waals surface area contributed by atoms with E-state index >= 15 is 0 Å². The van der Waals surface area contributed by atoms with Gasteiger partial charge in [-0.2, -0.15) is 0 Å². The maximum absolute atomic E-state index is 10.2. The van der Waals surface area contributed by atoms with Gasteiger partial charge in [0.05, 0.1) is 7.11 Å². The molecule has 0 bridgehead atoms. The normalized spacial score (nSPS) is 12.3. The van der Waals surface area contributed by atoms with E-state index in [9.17, 15) is 14.7 Å². The predicted octanol–water partition coefficient (Wildman–Crippen LogP) is 2.21. The number of hydrogen-bond acceptors (Lipinski definition) is 6. The molecule has 24 heavy (non-hydrogen) atoms. The molecule has 0 fully saturated rings. The molecule has 2 aromatic carbocycles. The van der Waals surface area contributed by atoms with E-state index < -0.39 is 12.2 Å². The Balaban J connectivity index is 0.000000243. The molecule has 7 heteroatoms. The van der Waals surface area contributed by atoms with Crippen molar-refractivity contribution in [1.29, 1.82) is 0 Å². The van der Waals surface area contributed by atoms with Crippen LogP contribution in [-0.4, -0.2) is 35.0 Å². The van der Waals surface area contributed by atoms with Gasteiger partial charge in [0.15, 0.2) is 24.1 Å². The van der Waals surface area contributed by atoms with E-state index in [0.717, 1.165) is 0 Å². The SMILES string of the molecule is COc1cc(C(O)C=O)ccc1O.O=CC(O)c1ccc(Cl)cc1. The van der Waals surface area contributed by atoms with Gasteiger partial charge in [-0.25, -0.2) is 0 Å². The van der Waals surface area contributed by atoms with Crippen molar-refractivity contribution in [2.24, 2.45) is 0 Å². The largest absolute Gasteiger partial charge is 0.504 e. The highest BCUT2D eigenvalue weighted by molar-refractivity contribution is 6.30. The number of hydrogen-bond donors (Lipinski definition) is 3. The molecule has 2 atom stereocenters. The maximum Gasteiger partial charge on any atom is 0.160 e. The van der Waals surface area contributed by atoms with Crippen LogP contribution in [0.3, 0.4) is 0 Å². The second kappa shape index (κ2) is 9.67. The summed E-state index contributed by atoms with van der Waals surface area (Å²) in [4.78, 5) is 20.3. The van der Waals surface area contributed by atoms with Gasteiger partial charge < -0.3 is 29.6 Å². The number of phenols is 1. The molecule has 2 aromatic rings. The van der Waals surface area contributed by atoms with Gasteiger partial charge in [0.1, 0.15) is 12.2 Å². The summed E-state index contributed by atoms with van der Waals surface area (Å²) in [6.45, 7) is 0. The van der Waals surface area contributed by atoms with Gasteiger partial charge in [-0.15, -0.1) is 0 Å². The molecule has 2 rings (SSSR count). The minimum Gasteiger partial charge on any atom is -0.504 e. The second-order valence-corrected chi connectivity index (χ2v) is 5.08. The molecule has 0 heterocycles. The highest BCUT2D eigenvalue weighted by atomic mass is 35.5. The molecule has 0 amide bonds.